The molecule has 21 heavy (non-hydrogen) atoms. The predicted octanol–water partition coefficient (Wildman–Crippen LogP) is 3.78. The summed E-state index contributed by atoms with van der Waals surface area (Å²) in [5.41, 5.74) is 1.58. The third kappa shape index (κ3) is 6.19. The molecule has 2 heteroatoms. The lowest BCUT2D eigenvalue weighted by molar-refractivity contribution is 0.175. The molecule has 1 N–H and O–H groups in total. The monoisotopic (exact) mass is 290 g/mol. The van der Waals surface area contributed by atoms with Crippen LogP contribution in [0.4, 0.5) is 0 Å². The van der Waals surface area contributed by atoms with E-state index < -0.39 is 0 Å². The largest absolute Gasteiger partial charge is 0.319 e. The molecule has 0 amide bonds. The zero-order chi connectivity index (χ0) is 15.9. The molecular formula is C19H34N2. The normalized spacial score (nSPS) is 14.9. The van der Waals surface area contributed by atoms with E-state index in [0.29, 0.717) is 11.8 Å². The number of nitrogens with zero attached hydrogens (tertiary/aromatic N) is 1. The van der Waals surface area contributed by atoms with E-state index in [1.54, 1.807) is 0 Å². The van der Waals surface area contributed by atoms with Crippen molar-refractivity contribution < 1.29 is 0 Å². The van der Waals surface area contributed by atoms with Gasteiger partial charge < -0.3 is 10.2 Å². The molecular weight excluding hydrogens is 256 g/mol. The third-order valence-electron chi connectivity index (χ3n) is 3.86. The Hall–Kier alpha value is -0.860. The van der Waals surface area contributed by atoms with Crippen LogP contribution in [0.25, 0.3) is 0 Å². The van der Waals surface area contributed by atoms with Crippen molar-refractivity contribution in [2.45, 2.75) is 40.0 Å². The Bertz CT molecular complexity index is 376. The van der Waals surface area contributed by atoms with Crippen LogP contribution in [0, 0.1) is 11.8 Å². The molecule has 1 atom stereocenters. The summed E-state index contributed by atoms with van der Waals surface area (Å²) >= 11 is 0. The van der Waals surface area contributed by atoms with E-state index in [4.69, 9.17) is 0 Å². The first kappa shape index (κ1) is 18.2. The van der Waals surface area contributed by atoms with E-state index >= 15 is 0 Å². The summed E-state index contributed by atoms with van der Waals surface area (Å²) in [6.45, 7) is 16.1. The van der Waals surface area contributed by atoms with E-state index in [-0.39, 0.29) is 5.41 Å². The number of likely N-dealkylation sites (N-methyl/N-ethyl adjacent to an activating group) is 1. The van der Waals surface area contributed by atoms with E-state index in [1.165, 1.54) is 18.7 Å². The summed E-state index contributed by atoms with van der Waals surface area (Å²) in [5, 5.41) is 3.39. The van der Waals surface area contributed by atoms with Gasteiger partial charge in [-0.1, -0.05) is 65.0 Å². The van der Waals surface area contributed by atoms with Crippen LogP contribution in [0.3, 0.4) is 0 Å². The topological polar surface area (TPSA) is 15.3 Å². The maximum Gasteiger partial charge on any atom is 0.0176 e. The Morgan fingerprint density at radius 3 is 1.95 bits per heavy atom. The van der Waals surface area contributed by atoms with Gasteiger partial charge in [0.2, 0.25) is 0 Å². The minimum Gasteiger partial charge on any atom is -0.319 e. The van der Waals surface area contributed by atoms with Crippen molar-refractivity contribution in [1.82, 2.24) is 10.2 Å². The second-order valence-electron chi connectivity index (χ2n) is 7.44. The van der Waals surface area contributed by atoms with Crippen LogP contribution in [0.2, 0.25) is 0 Å². The Morgan fingerprint density at radius 2 is 1.52 bits per heavy atom. The zero-order valence-corrected chi connectivity index (χ0v) is 14.8. The average molecular weight is 290 g/mol. The van der Waals surface area contributed by atoms with E-state index in [0.717, 1.165) is 13.1 Å². The highest BCUT2D eigenvalue weighted by Gasteiger charge is 2.29. The van der Waals surface area contributed by atoms with Crippen LogP contribution in [-0.4, -0.2) is 38.1 Å². The van der Waals surface area contributed by atoms with Crippen molar-refractivity contribution in [3.05, 3.63) is 35.9 Å². The SMILES string of the molecule is CNCC(C)(CN(CC(C)C)CC(C)C)c1ccccc1. The first-order valence-corrected chi connectivity index (χ1v) is 8.30. The molecule has 0 heterocycles. The van der Waals surface area contributed by atoms with Gasteiger partial charge in [-0.05, 0) is 24.4 Å². The minimum absolute atomic E-state index is 0.153. The second kappa shape index (κ2) is 8.55. The number of hydrogen-bond donors (Lipinski definition) is 1. The molecule has 0 aliphatic carbocycles. The summed E-state index contributed by atoms with van der Waals surface area (Å²) in [7, 11) is 2.05. The fraction of sp³-hybridized carbons (Fsp3) is 0.684. The molecule has 0 saturated heterocycles. The number of nitrogens with one attached hydrogen (secondary N) is 1. The maximum absolute atomic E-state index is 3.39. The maximum atomic E-state index is 3.39. The molecule has 1 aromatic rings. The smallest absolute Gasteiger partial charge is 0.0176 e. The lowest BCUT2D eigenvalue weighted by Crippen LogP contribution is -2.46. The van der Waals surface area contributed by atoms with E-state index in [2.05, 4.69) is 82.2 Å². The van der Waals surface area contributed by atoms with Gasteiger partial charge in [-0.15, -0.1) is 0 Å². The van der Waals surface area contributed by atoms with E-state index in [1.807, 2.05) is 0 Å². The summed E-state index contributed by atoms with van der Waals surface area (Å²) in [6.07, 6.45) is 0. The summed E-state index contributed by atoms with van der Waals surface area (Å²) < 4.78 is 0. The number of rotatable bonds is 9. The minimum atomic E-state index is 0.153. The van der Waals surface area contributed by atoms with Crippen LogP contribution in [0.5, 0.6) is 0 Å². The predicted molar refractivity (Wildman–Crippen MR) is 93.8 cm³/mol. The molecule has 0 aromatic heterocycles. The van der Waals surface area contributed by atoms with Crippen LogP contribution >= 0.6 is 0 Å². The highest BCUT2D eigenvalue weighted by atomic mass is 15.1. The van der Waals surface area contributed by atoms with Crippen molar-refractivity contribution >= 4 is 0 Å². The molecule has 0 spiro atoms. The highest BCUT2D eigenvalue weighted by molar-refractivity contribution is 5.25. The van der Waals surface area contributed by atoms with Crippen molar-refractivity contribution in [1.29, 1.82) is 0 Å². The molecule has 1 rings (SSSR count). The van der Waals surface area contributed by atoms with Crippen LogP contribution in [-0.2, 0) is 5.41 Å². The lowest BCUT2D eigenvalue weighted by Gasteiger charge is -2.37. The van der Waals surface area contributed by atoms with Gasteiger partial charge in [-0.25, -0.2) is 0 Å². The fourth-order valence-corrected chi connectivity index (χ4v) is 3.21. The molecule has 0 aliphatic rings. The van der Waals surface area contributed by atoms with Crippen molar-refractivity contribution in [3.63, 3.8) is 0 Å². The van der Waals surface area contributed by atoms with Gasteiger partial charge in [0, 0.05) is 31.6 Å². The Balaban J connectivity index is 2.92. The van der Waals surface area contributed by atoms with Crippen molar-refractivity contribution in [3.8, 4) is 0 Å². The summed E-state index contributed by atoms with van der Waals surface area (Å²) in [6, 6.07) is 10.9. The molecule has 0 radical (unpaired) electrons. The molecule has 2 nitrogen and oxygen atoms in total. The van der Waals surface area contributed by atoms with Crippen LogP contribution in [0.15, 0.2) is 30.3 Å². The van der Waals surface area contributed by atoms with E-state index in [9.17, 15) is 0 Å². The Morgan fingerprint density at radius 1 is 1.00 bits per heavy atom. The van der Waals surface area contributed by atoms with Gasteiger partial charge in [-0.2, -0.15) is 0 Å². The standard InChI is InChI=1S/C19H34N2/c1-16(2)12-21(13-17(3)4)15-19(5,14-20-6)18-10-8-7-9-11-18/h7-11,16-17,20H,12-15H2,1-6H3. The molecule has 120 valence electrons. The Labute approximate surface area is 131 Å². The molecule has 1 unspecified atom stereocenters. The zero-order valence-electron chi connectivity index (χ0n) is 14.8. The third-order valence-corrected chi connectivity index (χ3v) is 3.86. The Kier molecular flexibility index (Phi) is 7.41. The summed E-state index contributed by atoms with van der Waals surface area (Å²) in [5.74, 6) is 1.41. The summed E-state index contributed by atoms with van der Waals surface area (Å²) in [4.78, 5) is 2.64. The van der Waals surface area contributed by atoms with Gasteiger partial charge in [-0.3, -0.25) is 0 Å². The van der Waals surface area contributed by atoms with Gasteiger partial charge in [0.15, 0.2) is 0 Å². The average Bonchev–Trinajstić information content (AvgIpc) is 2.38. The van der Waals surface area contributed by atoms with Gasteiger partial charge >= 0.3 is 0 Å². The van der Waals surface area contributed by atoms with Crippen LogP contribution < -0.4 is 5.32 Å². The number of benzene rings is 1. The van der Waals surface area contributed by atoms with Gasteiger partial charge in [0.05, 0.1) is 0 Å². The molecule has 0 fully saturated rings. The quantitative estimate of drug-likeness (QED) is 0.744. The van der Waals surface area contributed by atoms with Crippen molar-refractivity contribution in [2.75, 3.05) is 33.2 Å². The molecule has 0 bridgehead atoms. The highest BCUT2D eigenvalue weighted by Crippen LogP contribution is 2.25. The molecule has 0 aliphatic heterocycles. The first-order chi connectivity index (χ1) is 9.87. The lowest BCUT2D eigenvalue weighted by atomic mass is 9.81. The first-order valence-electron chi connectivity index (χ1n) is 8.30. The second-order valence-corrected chi connectivity index (χ2v) is 7.44. The molecule has 1 aromatic carbocycles. The van der Waals surface area contributed by atoms with Crippen LogP contribution in [0.1, 0.15) is 40.2 Å². The van der Waals surface area contributed by atoms with Gasteiger partial charge in [0.25, 0.3) is 0 Å². The fourth-order valence-electron chi connectivity index (χ4n) is 3.21. The van der Waals surface area contributed by atoms with Gasteiger partial charge in [0.1, 0.15) is 0 Å². The van der Waals surface area contributed by atoms with Crippen molar-refractivity contribution in [2.24, 2.45) is 11.8 Å². The number of hydrogen-bond acceptors (Lipinski definition) is 2. The molecule has 0 saturated carbocycles.